The lowest BCUT2D eigenvalue weighted by atomic mass is 9.63. The summed E-state index contributed by atoms with van der Waals surface area (Å²) in [7, 11) is 0. The fourth-order valence-corrected chi connectivity index (χ4v) is 5.59. The molecule has 0 heterocycles. The van der Waals surface area contributed by atoms with E-state index in [4.69, 9.17) is 16.3 Å². The van der Waals surface area contributed by atoms with Crippen molar-refractivity contribution in [2.75, 3.05) is 0 Å². The maximum Gasteiger partial charge on any atom is 0.343 e. The average Bonchev–Trinajstić information content (AvgIpc) is 2.77. The third kappa shape index (κ3) is 5.11. The van der Waals surface area contributed by atoms with Crippen LogP contribution in [0.3, 0.4) is 0 Å². The van der Waals surface area contributed by atoms with Crippen molar-refractivity contribution < 1.29 is 27.1 Å². The Morgan fingerprint density at radius 2 is 1.52 bits per heavy atom. The minimum absolute atomic E-state index is 0.00385. The lowest BCUT2D eigenvalue weighted by Gasteiger charge is -2.42. The molecular formula is C26H25ClF4O2. The molecule has 0 radical (unpaired) electrons. The molecule has 2 aromatic rings. The van der Waals surface area contributed by atoms with Crippen molar-refractivity contribution in [2.24, 2.45) is 17.8 Å². The van der Waals surface area contributed by atoms with Gasteiger partial charge in [-0.15, -0.1) is 0 Å². The minimum atomic E-state index is -1.12. The molecule has 2 nitrogen and oxygen atoms in total. The highest BCUT2D eigenvalue weighted by Gasteiger charge is 2.37. The Balaban J connectivity index is 1.48. The molecule has 4 rings (SSSR count). The van der Waals surface area contributed by atoms with Gasteiger partial charge in [-0.2, -0.15) is 0 Å². The van der Waals surface area contributed by atoms with Crippen molar-refractivity contribution in [3.63, 3.8) is 0 Å². The molecular weight excluding hydrogens is 456 g/mol. The van der Waals surface area contributed by atoms with Crippen LogP contribution in [0.2, 0.25) is 5.02 Å². The maximum absolute atomic E-state index is 15.0. The van der Waals surface area contributed by atoms with E-state index >= 15 is 0 Å². The van der Waals surface area contributed by atoms with Gasteiger partial charge < -0.3 is 4.74 Å². The van der Waals surface area contributed by atoms with Gasteiger partial charge in [0.2, 0.25) is 0 Å². The van der Waals surface area contributed by atoms with Gasteiger partial charge in [0.1, 0.15) is 34.0 Å². The zero-order valence-corrected chi connectivity index (χ0v) is 19.0. The van der Waals surface area contributed by atoms with Gasteiger partial charge in [-0.3, -0.25) is 0 Å². The summed E-state index contributed by atoms with van der Waals surface area (Å²) in [5, 5.41) is -0.735. The number of halogens is 5. The van der Waals surface area contributed by atoms with Gasteiger partial charge in [-0.1, -0.05) is 23.8 Å². The number of carbonyl (C=O) groups excluding carboxylic acids is 1. The summed E-state index contributed by atoms with van der Waals surface area (Å²) in [4.78, 5) is 12.3. The highest BCUT2D eigenvalue weighted by molar-refractivity contribution is 6.30. The van der Waals surface area contributed by atoms with Crippen LogP contribution in [0.25, 0.3) is 0 Å². The van der Waals surface area contributed by atoms with Gasteiger partial charge in [-0.25, -0.2) is 22.4 Å². The molecule has 4 unspecified atom stereocenters. The second-order valence-electron chi connectivity index (χ2n) is 9.07. The van der Waals surface area contributed by atoms with E-state index in [-0.39, 0.29) is 17.0 Å². The summed E-state index contributed by atoms with van der Waals surface area (Å²) in [6, 6.07) is 3.32. The third-order valence-electron chi connectivity index (χ3n) is 7.01. The molecule has 176 valence electrons. The van der Waals surface area contributed by atoms with Crippen molar-refractivity contribution in [2.45, 2.75) is 51.4 Å². The Morgan fingerprint density at radius 1 is 0.909 bits per heavy atom. The van der Waals surface area contributed by atoms with E-state index in [2.05, 4.69) is 12.2 Å². The van der Waals surface area contributed by atoms with Gasteiger partial charge in [-0.05, 0) is 81.3 Å². The number of esters is 1. The average molecular weight is 481 g/mol. The van der Waals surface area contributed by atoms with E-state index in [1.165, 1.54) is 0 Å². The predicted octanol–water partition coefficient (Wildman–Crippen LogP) is 7.99. The molecule has 0 amide bonds. The van der Waals surface area contributed by atoms with E-state index in [1.807, 2.05) is 6.92 Å². The molecule has 2 aromatic carbocycles. The minimum Gasteiger partial charge on any atom is -0.423 e. The Morgan fingerprint density at radius 3 is 2.15 bits per heavy atom. The normalized spacial score (nSPS) is 25.2. The monoisotopic (exact) mass is 480 g/mol. The second kappa shape index (κ2) is 9.88. The van der Waals surface area contributed by atoms with Crippen molar-refractivity contribution in [3.05, 3.63) is 75.8 Å². The number of allylic oxidation sites excluding steroid dienone is 2. The van der Waals surface area contributed by atoms with Gasteiger partial charge in [0.05, 0.1) is 5.56 Å². The smallest absolute Gasteiger partial charge is 0.343 e. The van der Waals surface area contributed by atoms with Crippen molar-refractivity contribution >= 4 is 17.6 Å². The summed E-state index contributed by atoms with van der Waals surface area (Å²) >= 11 is 5.41. The van der Waals surface area contributed by atoms with E-state index in [0.717, 1.165) is 56.4 Å². The molecule has 0 aromatic heterocycles. The molecule has 2 aliphatic rings. The first kappa shape index (κ1) is 23.8. The zero-order valence-electron chi connectivity index (χ0n) is 18.2. The van der Waals surface area contributed by atoms with Crippen molar-refractivity contribution in [3.8, 4) is 5.75 Å². The number of hydrogen-bond acceptors (Lipinski definition) is 2. The third-order valence-corrected chi connectivity index (χ3v) is 7.37. The molecule has 7 heteroatoms. The highest BCUT2D eigenvalue weighted by atomic mass is 35.5. The van der Waals surface area contributed by atoms with Gasteiger partial charge in [0.15, 0.2) is 0 Å². The molecule has 0 aliphatic heterocycles. The summed E-state index contributed by atoms with van der Waals surface area (Å²) in [5.74, 6) is -4.01. The van der Waals surface area contributed by atoms with Crippen LogP contribution in [-0.4, -0.2) is 5.97 Å². The molecule has 0 N–H and O–H groups in total. The number of fused-ring (bicyclic) bond motifs is 1. The molecule has 0 saturated heterocycles. The summed E-state index contributed by atoms with van der Waals surface area (Å²) in [6.07, 6.45) is 9.99. The van der Waals surface area contributed by atoms with E-state index in [9.17, 15) is 22.4 Å². The quantitative estimate of drug-likeness (QED) is 0.146. The Kier molecular flexibility index (Phi) is 7.13. The maximum atomic E-state index is 15.0. The SMILES string of the molecule is C/C=C/C1CCC2CC(c3c(F)cc(C(=O)Oc4cc(F)c(Cl)c(F)c4)cc3F)CCC2C1. The summed E-state index contributed by atoms with van der Waals surface area (Å²) in [5.41, 5.74) is -0.366. The number of hydrogen-bond donors (Lipinski definition) is 0. The Labute approximate surface area is 195 Å². The largest absolute Gasteiger partial charge is 0.423 e. The number of carbonyl (C=O) groups is 1. The fraction of sp³-hybridized carbons (Fsp3) is 0.423. The Bertz CT molecular complexity index is 1040. The predicted molar refractivity (Wildman–Crippen MR) is 118 cm³/mol. The van der Waals surface area contributed by atoms with Crippen LogP contribution in [0.1, 0.15) is 67.3 Å². The first-order valence-corrected chi connectivity index (χ1v) is 11.6. The highest BCUT2D eigenvalue weighted by Crippen LogP contribution is 2.48. The summed E-state index contributed by atoms with van der Waals surface area (Å²) in [6.45, 7) is 2.03. The van der Waals surface area contributed by atoms with Crippen LogP contribution in [0.15, 0.2) is 36.4 Å². The molecule has 0 spiro atoms. The lowest BCUT2D eigenvalue weighted by Crippen LogP contribution is -2.30. The van der Waals surface area contributed by atoms with Crippen LogP contribution >= 0.6 is 11.6 Å². The fourth-order valence-electron chi connectivity index (χ4n) is 5.48. The van der Waals surface area contributed by atoms with Crippen molar-refractivity contribution in [1.29, 1.82) is 0 Å². The van der Waals surface area contributed by atoms with Crippen LogP contribution in [0.4, 0.5) is 17.6 Å². The van der Waals surface area contributed by atoms with Gasteiger partial charge >= 0.3 is 5.97 Å². The molecule has 2 fully saturated rings. The molecule has 33 heavy (non-hydrogen) atoms. The van der Waals surface area contributed by atoms with Crippen LogP contribution < -0.4 is 4.74 Å². The van der Waals surface area contributed by atoms with E-state index < -0.39 is 40.0 Å². The van der Waals surface area contributed by atoms with E-state index in [0.29, 0.717) is 24.2 Å². The summed E-state index contributed by atoms with van der Waals surface area (Å²) < 4.78 is 62.0. The lowest BCUT2D eigenvalue weighted by molar-refractivity contribution is 0.0732. The van der Waals surface area contributed by atoms with Crippen LogP contribution in [-0.2, 0) is 0 Å². The second-order valence-corrected chi connectivity index (χ2v) is 9.45. The topological polar surface area (TPSA) is 26.3 Å². The standard InChI is InChI=1S/C26H25ClF4O2/c1-2-3-14-4-5-16-9-17(7-6-15(16)8-14)24-20(28)10-18(11-21(24)29)26(32)33-19-12-22(30)25(27)23(31)13-19/h2-3,10-17H,4-9H2,1H3/b3-2+. The zero-order chi connectivity index (χ0) is 23.7. The van der Waals surface area contributed by atoms with Gasteiger partial charge in [0.25, 0.3) is 0 Å². The molecule has 2 saturated carbocycles. The molecule has 0 bridgehead atoms. The molecule has 4 atom stereocenters. The van der Waals surface area contributed by atoms with Crippen LogP contribution in [0.5, 0.6) is 5.75 Å². The number of benzene rings is 2. The number of rotatable bonds is 4. The van der Waals surface area contributed by atoms with Crippen LogP contribution in [0, 0.1) is 41.0 Å². The van der Waals surface area contributed by atoms with Gasteiger partial charge in [0, 0.05) is 17.7 Å². The van der Waals surface area contributed by atoms with Crippen molar-refractivity contribution in [1.82, 2.24) is 0 Å². The molecule has 2 aliphatic carbocycles. The first-order chi connectivity index (χ1) is 15.8. The van der Waals surface area contributed by atoms with E-state index in [1.54, 1.807) is 0 Å². The number of ether oxygens (including phenoxy) is 1. The first-order valence-electron chi connectivity index (χ1n) is 11.2. The Hall–Kier alpha value is -2.34.